The molecule has 1 nitrogen and oxygen atoms in total. The van der Waals surface area contributed by atoms with Gasteiger partial charge in [-0.3, -0.25) is 0 Å². The molecular weight excluding hydrogens is 661 g/mol. The van der Waals surface area contributed by atoms with Crippen molar-refractivity contribution in [2.24, 2.45) is 0 Å². The van der Waals surface area contributed by atoms with Gasteiger partial charge in [-0.1, -0.05) is 135 Å². The minimum atomic E-state index is -0.0180. The fraction of sp³-hybridized carbons (Fsp3) is 0.0588. The first kappa shape index (κ1) is 29.4. The first-order valence-electron chi connectivity index (χ1n) is 18.4. The molecule has 2 heteroatoms. The van der Waals surface area contributed by atoms with Crippen LogP contribution in [0, 0.1) is 0 Å². The lowest BCUT2D eigenvalue weighted by atomic mass is 9.81. The predicted octanol–water partition coefficient (Wildman–Crippen LogP) is 15.1. The Bertz CT molecular complexity index is 3320. The van der Waals surface area contributed by atoms with Crippen LogP contribution in [0.1, 0.15) is 25.0 Å². The molecule has 0 aliphatic heterocycles. The Kier molecular flexibility index (Phi) is 5.78. The Balaban J connectivity index is 1.09. The van der Waals surface area contributed by atoms with E-state index in [0.717, 1.165) is 11.2 Å². The Morgan fingerprint density at radius 1 is 0.396 bits per heavy atom. The first-order chi connectivity index (χ1) is 26.0. The van der Waals surface area contributed by atoms with Crippen molar-refractivity contribution in [1.29, 1.82) is 0 Å². The Labute approximate surface area is 310 Å². The average molecular weight is 693 g/mol. The molecule has 0 saturated carbocycles. The highest BCUT2D eigenvalue weighted by Gasteiger charge is 2.35. The van der Waals surface area contributed by atoms with E-state index >= 15 is 0 Å². The molecule has 0 saturated heterocycles. The Morgan fingerprint density at radius 2 is 0.962 bits per heavy atom. The molecule has 0 unspecified atom stereocenters. The number of thiophene rings is 1. The molecule has 0 amide bonds. The normalized spacial score (nSPS) is 13.6. The van der Waals surface area contributed by atoms with Crippen LogP contribution in [0.4, 0.5) is 0 Å². The van der Waals surface area contributed by atoms with Crippen LogP contribution >= 0.6 is 11.3 Å². The second-order valence-corrected chi connectivity index (χ2v) is 16.2. The van der Waals surface area contributed by atoms with Crippen LogP contribution in [0.2, 0.25) is 0 Å². The molecule has 0 fully saturated rings. The highest BCUT2D eigenvalue weighted by atomic mass is 32.1. The van der Waals surface area contributed by atoms with E-state index in [0.29, 0.717) is 0 Å². The van der Waals surface area contributed by atoms with Crippen molar-refractivity contribution < 1.29 is 4.42 Å². The van der Waals surface area contributed by atoms with E-state index in [1.807, 2.05) is 17.4 Å². The lowest BCUT2D eigenvalue weighted by molar-refractivity contribution is 0.660. The zero-order valence-corrected chi connectivity index (χ0v) is 30.1. The standard InChI is InChI=1S/C51H32OS/c1-51(2)41-17-9-7-11-31(41)40-27-29(20-24-42(40)51)47-32-12-3-5-14-34(32)48(35-15-6-4-13-33(35)47)30-19-21-39-46(28-30)53-45-26-23-36-37(50(39)45)22-25-44-49(36)38-16-8-10-18-43(38)52-44/h3-28H,1-2H3. The van der Waals surface area contributed by atoms with Crippen molar-refractivity contribution in [1.82, 2.24) is 0 Å². The smallest absolute Gasteiger partial charge is 0.136 e. The monoisotopic (exact) mass is 692 g/mol. The van der Waals surface area contributed by atoms with Gasteiger partial charge in [0, 0.05) is 36.4 Å². The van der Waals surface area contributed by atoms with Crippen LogP contribution < -0.4 is 0 Å². The Morgan fingerprint density at radius 3 is 1.72 bits per heavy atom. The average Bonchev–Trinajstić information content (AvgIpc) is 3.84. The third-order valence-electron chi connectivity index (χ3n) is 12.1. The summed E-state index contributed by atoms with van der Waals surface area (Å²) in [6, 6.07) is 58.6. The van der Waals surface area contributed by atoms with Crippen LogP contribution in [0.25, 0.3) is 108 Å². The van der Waals surface area contributed by atoms with Crippen molar-refractivity contribution in [3.63, 3.8) is 0 Å². The summed E-state index contributed by atoms with van der Waals surface area (Å²) in [4.78, 5) is 0. The minimum Gasteiger partial charge on any atom is -0.456 e. The summed E-state index contributed by atoms with van der Waals surface area (Å²) in [7, 11) is 0. The van der Waals surface area contributed by atoms with Crippen LogP contribution in [0.5, 0.6) is 0 Å². The summed E-state index contributed by atoms with van der Waals surface area (Å²) in [6.45, 7) is 4.71. The quantitative estimate of drug-likeness (QED) is 0.164. The molecule has 2 aromatic heterocycles. The van der Waals surface area contributed by atoms with Crippen molar-refractivity contribution >= 4 is 85.8 Å². The summed E-state index contributed by atoms with van der Waals surface area (Å²) in [5.74, 6) is 0. The van der Waals surface area contributed by atoms with Gasteiger partial charge < -0.3 is 4.42 Å². The molecule has 0 N–H and O–H groups in total. The highest BCUT2D eigenvalue weighted by Crippen LogP contribution is 2.52. The maximum Gasteiger partial charge on any atom is 0.136 e. The summed E-state index contributed by atoms with van der Waals surface area (Å²) in [5.41, 5.74) is 12.5. The van der Waals surface area contributed by atoms with Gasteiger partial charge in [0.15, 0.2) is 0 Å². The molecule has 2 heterocycles. The zero-order valence-electron chi connectivity index (χ0n) is 29.3. The number of fused-ring (bicyclic) bond motifs is 14. The number of hydrogen-bond acceptors (Lipinski definition) is 2. The topological polar surface area (TPSA) is 13.1 Å². The molecule has 248 valence electrons. The number of rotatable bonds is 2. The van der Waals surface area contributed by atoms with Gasteiger partial charge in [0.05, 0.1) is 0 Å². The van der Waals surface area contributed by atoms with Crippen molar-refractivity contribution in [2.75, 3.05) is 0 Å². The second-order valence-electron chi connectivity index (χ2n) is 15.2. The largest absolute Gasteiger partial charge is 0.456 e. The maximum absolute atomic E-state index is 6.26. The van der Waals surface area contributed by atoms with E-state index < -0.39 is 0 Å². The molecule has 9 aromatic carbocycles. The van der Waals surface area contributed by atoms with Crippen LogP contribution in [-0.4, -0.2) is 0 Å². The van der Waals surface area contributed by atoms with Crippen molar-refractivity contribution in [3.8, 4) is 33.4 Å². The van der Waals surface area contributed by atoms with E-state index in [2.05, 4.69) is 166 Å². The third-order valence-corrected chi connectivity index (χ3v) is 13.2. The molecular formula is C51H32OS. The molecule has 11 aromatic rings. The van der Waals surface area contributed by atoms with Crippen LogP contribution in [-0.2, 0) is 5.41 Å². The molecule has 0 bridgehead atoms. The van der Waals surface area contributed by atoms with E-state index in [4.69, 9.17) is 4.42 Å². The number of benzene rings is 9. The van der Waals surface area contributed by atoms with Gasteiger partial charge in [-0.05, 0) is 113 Å². The Hall–Kier alpha value is -6.22. The second kappa shape index (κ2) is 10.4. The van der Waals surface area contributed by atoms with Crippen molar-refractivity contribution in [2.45, 2.75) is 19.3 Å². The molecule has 1 aliphatic carbocycles. The van der Waals surface area contributed by atoms with Crippen molar-refractivity contribution in [3.05, 3.63) is 169 Å². The number of hydrogen-bond donors (Lipinski definition) is 0. The van der Waals surface area contributed by atoms with Crippen LogP contribution in [0.3, 0.4) is 0 Å². The number of furan rings is 1. The SMILES string of the molecule is CC1(C)c2ccccc2-c2cc(-c3c4ccccc4c(-c4ccc5c(c4)sc4ccc6c(ccc7oc8ccccc8c76)c45)c4ccccc34)ccc21. The van der Waals surface area contributed by atoms with Gasteiger partial charge in [0.25, 0.3) is 0 Å². The fourth-order valence-electron chi connectivity index (χ4n) is 9.69. The van der Waals surface area contributed by atoms with Gasteiger partial charge >= 0.3 is 0 Å². The molecule has 53 heavy (non-hydrogen) atoms. The van der Waals surface area contributed by atoms with Gasteiger partial charge in [-0.25, -0.2) is 0 Å². The summed E-state index contributed by atoms with van der Waals surface area (Å²) >= 11 is 1.89. The van der Waals surface area contributed by atoms with E-state index in [9.17, 15) is 0 Å². The van der Waals surface area contributed by atoms with E-state index in [1.54, 1.807) is 0 Å². The minimum absolute atomic E-state index is 0.0180. The maximum atomic E-state index is 6.26. The third kappa shape index (κ3) is 3.91. The molecule has 1 aliphatic rings. The van der Waals surface area contributed by atoms with E-state index in [-0.39, 0.29) is 5.41 Å². The van der Waals surface area contributed by atoms with E-state index in [1.165, 1.54) is 108 Å². The lowest BCUT2D eigenvalue weighted by Crippen LogP contribution is -2.14. The van der Waals surface area contributed by atoms with Gasteiger partial charge in [0.2, 0.25) is 0 Å². The summed E-state index contributed by atoms with van der Waals surface area (Å²) in [6.07, 6.45) is 0. The van der Waals surface area contributed by atoms with Gasteiger partial charge in [-0.15, -0.1) is 11.3 Å². The molecule has 0 atom stereocenters. The summed E-state index contributed by atoms with van der Waals surface area (Å²) < 4.78 is 8.87. The lowest BCUT2D eigenvalue weighted by Gasteiger charge is -2.22. The van der Waals surface area contributed by atoms with Crippen LogP contribution in [0.15, 0.2) is 162 Å². The summed E-state index contributed by atoms with van der Waals surface area (Å²) in [5, 5.41) is 12.7. The number of para-hydroxylation sites is 1. The van der Waals surface area contributed by atoms with Gasteiger partial charge in [0.1, 0.15) is 11.2 Å². The fourth-order valence-corrected chi connectivity index (χ4v) is 10.8. The molecule has 0 radical (unpaired) electrons. The first-order valence-corrected chi connectivity index (χ1v) is 19.2. The molecule has 12 rings (SSSR count). The molecule has 0 spiro atoms. The van der Waals surface area contributed by atoms with Gasteiger partial charge in [-0.2, -0.15) is 0 Å². The predicted molar refractivity (Wildman–Crippen MR) is 228 cm³/mol. The highest BCUT2D eigenvalue weighted by molar-refractivity contribution is 7.26. The zero-order chi connectivity index (χ0) is 35.0.